The van der Waals surface area contributed by atoms with E-state index in [4.69, 9.17) is 4.74 Å². The van der Waals surface area contributed by atoms with Gasteiger partial charge >= 0.3 is 12.0 Å². The van der Waals surface area contributed by atoms with E-state index in [0.29, 0.717) is 31.2 Å². The van der Waals surface area contributed by atoms with Gasteiger partial charge in [-0.25, -0.2) is 19.6 Å². The smallest absolute Gasteiger partial charge is 0.342 e. The van der Waals surface area contributed by atoms with Gasteiger partial charge < -0.3 is 19.9 Å². The number of amides is 3. The Balaban J connectivity index is 1.78. The topological polar surface area (TPSA) is 105 Å². The summed E-state index contributed by atoms with van der Waals surface area (Å²) in [5.41, 5.74) is 2.47. The number of carbonyl (C=O) groups is 3. The molecule has 2 aromatic rings. The summed E-state index contributed by atoms with van der Waals surface area (Å²) in [6, 6.07) is 7.15. The first-order chi connectivity index (χ1) is 15.6. The van der Waals surface area contributed by atoms with Gasteiger partial charge in [-0.1, -0.05) is 31.5 Å². The van der Waals surface area contributed by atoms with Gasteiger partial charge in [0.1, 0.15) is 17.1 Å². The summed E-state index contributed by atoms with van der Waals surface area (Å²) in [4.78, 5) is 50.7. The Bertz CT molecular complexity index is 1050. The van der Waals surface area contributed by atoms with Crippen molar-refractivity contribution in [2.24, 2.45) is 0 Å². The predicted molar refractivity (Wildman–Crippen MR) is 124 cm³/mol. The summed E-state index contributed by atoms with van der Waals surface area (Å²) >= 11 is 0. The number of esters is 1. The van der Waals surface area contributed by atoms with Crippen LogP contribution >= 0.6 is 0 Å². The van der Waals surface area contributed by atoms with Crippen molar-refractivity contribution in [3.63, 3.8) is 0 Å². The van der Waals surface area contributed by atoms with Crippen LogP contribution in [0.5, 0.6) is 0 Å². The molecule has 1 unspecified atom stereocenters. The molecule has 1 N–H and O–H groups in total. The normalized spacial score (nSPS) is 16.0. The number of methoxy groups -OCH3 is 1. The fourth-order valence-electron chi connectivity index (χ4n) is 3.90. The minimum Gasteiger partial charge on any atom is -0.465 e. The first kappa shape index (κ1) is 24.2. The average molecular weight is 454 g/mol. The van der Waals surface area contributed by atoms with E-state index >= 15 is 0 Å². The number of ether oxygens (including phenoxy) is 1. The molecule has 1 fully saturated rings. The van der Waals surface area contributed by atoms with Crippen molar-refractivity contribution >= 4 is 23.6 Å². The Morgan fingerprint density at radius 1 is 1.09 bits per heavy atom. The van der Waals surface area contributed by atoms with E-state index in [9.17, 15) is 14.4 Å². The summed E-state index contributed by atoms with van der Waals surface area (Å²) in [5, 5.41) is 2.91. The number of aromatic nitrogens is 2. The Kier molecular flexibility index (Phi) is 7.30. The summed E-state index contributed by atoms with van der Waals surface area (Å²) < 4.78 is 4.93. The second kappa shape index (κ2) is 9.97. The first-order valence-electron chi connectivity index (χ1n) is 11.0. The third-order valence-electron chi connectivity index (χ3n) is 5.67. The van der Waals surface area contributed by atoms with E-state index in [-0.39, 0.29) is 35.2 Å². The highest BCUT2D eigenvalue weighted by Gasteiger charge is 2.34. The Morgan fingerprint density at radius 2 is 1.76 bits per heavy atom. The molecule has 1 atom stereocenters. The van der Waals surface area contributed by atoms with Gasteiger partial charge in [0.2, 0.25) is 0 Å². The van der Waals surface area contributed by atoms with Crippen LogP contribution in [0.15, 0.2) is 24.3 Å². The zero-order chi connectivity index (χ0) is 24.3. The molecule has 9 nitrogen and oxygen atoms in total. The molecule has 33 heavy (non-hydrogen) atoms. The zero-order valence-corrected chi connectivity index (χ0v) is 20.0. The Morgan fingerprint density at radius 3 is 2.33 bits per heavy atom. The van der Waals surface area contributed by atoms with Crippen LogP contribution in [-0.2, 0) is 4.74 Å². The summed E-state index contributed by atoms with van der Waals surface area (Å²) in [6.07, 6.45) is 0. The van der Waals surface area contributed by atoms with Crippen molar-refractivity contribution in [1.29, 1.82) is 0 Å². The van der Waals surface area contributed by atoms with Gasteiger partial charge in [-0.05, 0) is 38.8 Å². The van der Waals surface area contributed by atoms with Crippen LogP contribution in [0.4, 0.5) is 10.5 Å². The molecule has 176 valence electrons. The number of benzene rings is 1. The molecule has 0 saturated carbocycles. The monoisotopic (exact) mass is 453 g/mol. The van der Waals surface area contributed by atoms with Gasteiger partial charge in [0.15, 0.2) is 0 Å². The molecule has 9 heteroatoms. The maximum atomic E-state index is 13.4. The number of nitrogens with one attached hydrogen (secondary N) is 1. The molecule has 1 aromatic carbocycles. The molecule has 0 spiro atoms. The van der Waals surface area contributed by atoms with Gasteiger partial charge in [0.05, 0.1) is 12.8 Å². The van der Waals surface area contributed by atoms with Crippen LogP contribution in [0.25, 0.3) is 0 Å². The number of hydrogen-bond donors (Lipinski definition) is 1. The van der Waals surface area contributed by atoms with Gasteiger partial charge in [0, 0.05) is 31.4 Å². The van der Waals surface area contributed by atoms with Crippen molar-refractivity contribution in [2.75, 3.05) is 32.1 Å². The molecular weight excluding hydrogens is 422 g/mol. The third-order valence-corrected chi connectivity index (χ3v) is 5.67. The van der Waals surface area contributed by atoms with Gasteiger partial charge in [-0.2, -0.15) is 0 Å². The van der Waals surface area contributed by atoms with E-state index < -0.39 is 5.97 Å². The number of aryl methyl sites for hydroxylation is 2. The molecule has 0 bridgehead atoms. The van der Waals surface area contributed by atoms with E-state index in [1.165, 1.54) is 7.11 Å². The van der Waals surface area contributed by atoms with Gasteiger partial charge in [-0.3, -0.25) is 4.79 Å². The fraction of sp³-hybridized carbons (Fsp3) is 0.458. The number of nitrogens with zero attached hydrogens (tertiary/aromatic N) is 4. The number of rotatable bonds is 4. The summed E-state index contributed by atoms with van der Waals surface area (Å²) in [5.74, 6) is -0.674. The van der Waals surface area contributed by atoms with E-state index in [1.54, 1.807) is 16.7 Å². The van der Waals surface area contributed by atoms with Crippen LogP contribution in [0, 0.1) is 13.8 Å². The van der Waals surface area contributed by atoms with Crippen molar-refractivity contribution in [3.8, 4) is 0 Å². The van der Waals surface area contributed by atoms with E-state index in [2.05, 4.69) is 15.3 Å². The molecule has 1 saturated heterocycles. The lowest BCUT2D eigenvalue weighted by molar-refractivity contribution is 0.0550. The lowest BCUT2D eigenvalue weighted by Gasteiger charge is -2.39. The number of anilines is 1. The van der Waals surface area contributed by atoms with E-state index in [0.717, 1.165) is 11.3 Å². The average Bonchev–Trinajstić information content (AvgIpc) is 2.78. The lowest BCUT2D eigenvalue weighted by Crippen LogP contribution is -2.56. The minimum atomic E-state index is -0.633. The molecule has 0 radical (unpaired) electrons. The van der Waals surface area contributed by atoms with Crippen LogP contribution in [0.1, 0.15) is 64.6 Å². The highest BCUT2D eigenvalue weighted by molar-refractivity contribution is 6.04. The first-order valence-corrected chi connectivity index (χ1v) is 11.0. The quantitative estimate of drug-likeness (QED) is 0.712. The van der Waals surface area contributed by atoms with Crippen molar-refractivity contribution < 1.29 is 19.1 Å². The summed E-state index contributed by atoms with van der Waals surface area (Å²) in [6.45, 7) is 10.4. The molecule has 2 heterocycles. The third kappa shape index (κ3) is 5.30. The highest BCUT2D eigenvalue weighted by Crippen LogP contribution is 2.23. The van der Waals surface area contributed by atoms with Gasteiger partial charge in [0.25, 0.3) is 5.91 Å². The largest absolute Gasteiger partial charge is 0.465 e. The summed E-state index contributed by atoms with van der Waals surface area (Å²) in [7, 11) is 1.27. The van der Waals surface area contributed by atoms with Crippen molar-refractivity contribution in [3.05, 3.63) is 52.6 Å². The molecule has 1 aliphatic heterocycles. The fourth-order valence-corrected chi connectivity index (χ4v) is 3.90. The van der Waals surface area contributed by atoms with Crippen LogP contribution in [0.3, 0.4) is 0 Å². The van der Waals surface area contributed by atoms with E-state index in [1.807, 2.05) is 52.0 Å². The second-order valence-corrected chi connectivity index (χ2v) is 8.62. The Labute approximate surface area is 194 Å². The molecule has 3 amide bonds. The predicted octanol–water partition coefficient (Wildman–Crippen LogP) is 3.38. The molecule has 1 aliphatic rings. The van der Waals surface area contributed by atoms with Crippen LogP contribution in [0.2, 0.25) is 0 Å². The maximum absolute atomic E-state index is 13.4. The van der Waals surface area contributed by atoms with Gasteiger partial charge in [-0.15, -0.1) is 0 Å². The van der Waals surface area contributed by atoms with Crippen molar-refractivity contribution in [2.45, 2.75) is 46.6 Å². The van der Waals surface area contributed by atoms with Crippen LogP contribution in [-0.4, -0.2) is 70.5 Å². The van der Waals surface area contributed by atoms with Crippen molar-refractivity contribution in [1.82, 2.24) is 19.8 Å². The number of urea groups is 1. The number of piperazine rings is 1. The highest BCUT2D eigenvalue weighted by atomic mass is 16.5. The molecule has 0 aliphatic carbocycles. The standard InChI is InChI=1S/C24H31N5O4/c1-14(2)20-19(23(31)33-6)21(26-17(5)25-20)22(30)28-11-12-29(16(4)13-28)24(32)27-18-9-7-15(3)8-10-18/h7-10,14,16H,11-13H2,1-6H3,(H,27,32). The SMILES string of the molecule is COC(=O)c1c(C(=O)N2CCN(C(=O)Nc3ccc(C)cc3)C(C)C2)nc(C)nc1C(C)C. The minimum absolute atomic E-state index is 0.0443. The molecular formula is C24H31N5O4. The molecule has 3 rings (SSSR count). The maximum Gasteiger partial charge on any atom is 0.342 e. The Hall–Kier alpha value is -3.49. The zero-order valence-electron chi connectivity index (χ0n) is 20.0. The second-order valence-electron chi connectivity index (χ2n) is 8.62. The van der Waals surface area contributed by atoms with Crippen LogP contribution < -0.4 is 5.32 Å². The molecule has 1 aromatic heterocycles. The lowest BCUT2D eigenvalue weighted by atomic mass is 10.0. The number of carbonyl (C=O) groups excluding carboxylic acids is 3. The number of hydrogen-bond acceptors (Lipinski definition) is 6.